The molecule has 1 aromatic rings. The van der Waals surface area contributed by atoms with Crippen LogP contribution in [0.2, 0.25) is 0 Å². The average molecular weight is 314 g/mol. The highest BCUT2D eigenvalue weighted by Crippen LogP contribution is 2.35. The first kappa shape index (κ1) is 16.5. The number of sulfonamides is 1. The minimum absolute atomic E-state index is 0.0276. The Balaban J connectivity index is 2.14. The van der Waals surface area contributed by atoms with Crippen LogP contribution in [0.5, 0.6) is 0 Å². The summed E-state index contributed by atoms with van der Waals surface area (Å²) in [5.41, 5.74) is 1.45. The van der Waals surface area contributed by atoms with Crippen LogP contribution in [0.3, 0.4) is 0 Å². The van der Waals surface area contributed by atoms with Crippen molar-refractivity contribution in [2.24, 2.45) is 5.41 Å². The lowest BCUT2D eigenvalue weighted by molar-refractivity contribution is 0.218. The molecule has 2 rings (SSSR count). The van der Waals surface area contributed by atoms with Crippen LogP contribution >= 0.6 is 0 Å². The third-order valence-electron chi connectivity index (χ3n) is 4.24. The maximum atomic E-state index is 12.6. The number of nitrogens with one attached hydrogen (secondary N) is 3. The summed E-state index contributed by atoms with van der Waals surface area (Å²) in [5.74, 6) is 0. The van der Waals surface area contributed by atoms with E-state index in [1.54, 1.807) is 14.0 Å². The van der Waals surface area contributed by atoms with Crippen LogP contribution in [-0.2, 0) is 16.6 Å². The molecule has 0 aromatic carbocycles. The molecule has 21 heavy (non-hydrogen) atoms. The molecular formula is C14H26N4O2S. The van der Waals surface area contributed by atoms with Crippen LogP contribution in [-0.4, -0.2) is 31.7 Å². The monoisotopic (exact) mass is 314 g/mol. The highest BCUT2D eigenvalue weighted by atomic mass is 32.2. The molecule has 1 saturated carbocycles. The maximum absolute atomic E-state index is 12.6. The number of nitrogens with zero attached hydrogens (tertiary/aromatic N) is 1. The van der Waals surface area contributed by atoms with Gasteiger partial charge in [-0.15, -0.1) is 0 Å². The molecule has 3 N–H and O–H groups in total. The Hall–Kier alpha value is -0.920. The van der Waals surface area contributed by atoms with Crippen LogP contribution < -0.4 is 10.0 Å². The van der Waals surface area contributed by atoms with Gasteiger partial charge in [0, 0.05) is 12.6 Å². The fraction of sp³-hybridized carbons (Fsp3) is 0.786. The van der Waals surface area contributed by atoms with E-state index in [1.165, 1.54) is 0 Å². The zero-order valence-electron chi connectivity index (χ0n) is 13.3. The smallest absolute Gasteiger partial charge is 0.244 e. The van der Waals surface area contributed by atoms with Gasteiger partial charge in [0.25, 0.3) is 0 Å². The van der Waals surface area contributed by atoms with Gasteiger partial charge in [-0.25, -0.2) is 13.1 Å². The second kappa shape index (κ2) is 6.06. The van der Waals surface area contributed by atoms with Crippen molar-refractivity contribution in [1.29, 1.82) is 0 Å². The molecule has 0 unspecified atom stereocenters. The van der Waals surface area contributed by atoms with Crippen LogP contribution in [0.4, 0.5) is 0 Å². The van der Waals surface area contributed by atoms with Crippen molar-refractivity contribution in [1.82, 2.24) is 20.2 Å². The zero-order chi connectivity index (χ0) is 15.7. The molecule has 0 atom stereocenters. The molecular weight excluding hydrogens is 288 g/mol. The minimum atomic E-state index is -3.52. The molecule has 120 valence electrons. The van der Waals surface area contributed by atoms with Gasteiger partial charge in [0.1, 0.15) is 4.90 Å². The third kappa shape index (κ3) is 3.84. The number of hydrogen-bond acceptors (Lipinski definition) is 4. The standard InChI is InChI=1S/C14H26N4O2S/c1-10-13(12(9-15-4)17-16-10)21(19,20)18-11-5-7-14(2,3)8-6-11/h11,15,18H,5-9H2,1-4H3,(H,16,17). The highest BCUT2D eigenvalue weighted by Gasteiger charge is 2.31. The Morgan fingerprint density at radius 3 is 2.52 bits per heavy atom. The number of H-pyrrole nitrogens is 1. The Morgan fingerprint density at radius 1 is 1.33 bits per heavy atom. The van der Waals surface area contributed by atoms with E-state index in [9.17, 15) is 8.42 Å². The van der Waals surface area contributed by atoms with Gasteiger partial charge < -0.3 is 5.32 Å². The van der Waals surface area contributed by atoms with Gasteiger partial charge in [-0.3, -0.25) is 5.10 Å². The van der Waals surface area contributed by atoms with Crippen molar-refractivity contribution >= 4 is 10.0 Å². The van der Waals surface area contributed by atoms with Crippen molar-refractivity contribution in [3.05, 3.63) is 11.4 Å². The van der Waals surface area contributed by atoms with Crippen molar-refractivity contribution in [2.75, 3.05) is 7.05 Å². The maximum Gasteiger partial charge on any atom is 0.244 e. The van der Waals surface area contributed by atoms with Gasteiger partial charge in [0.2, 0.25) is 10.0 Å². The molecule has 1 aliphatic carbocycles. The molecule has 0 radical (unpaired) electrons. The number of hydrogen-bond donors (Lipinski definition) is 3. The van der Waals surface area contributed by atoms with Crippen LogP contribution in [0, 0.1) is 12.3 Å². The topological polar surface area (TPSA) is 86.9 Å². The van der Waals surface area contributed by atoms with E-state index in [0.717, 1.165) is 25.7 Å². The molecule has 7 heteroatoms. The molecule has 0 bridgehead atoms. The average Bonchev–Trinajstić information content (AvgIpc) is 2.74. The van der Waals surface area contributed by atoms with Crippen LogP contribution in [0.25, 0.3) is 0 Å². The van der Waals surface area contributed by atoms with Gasteiger partial charge in [-0.05, 0) is 45.1 Å². The number of aryl methyl sites for hydroxylation is 1. The summed E-state index contributed by atoms with van der Waals surface area (Å²) in [6.07, 6.45) is 3.89. The number of rotatable bonds is 5. The lowest BCUT2D eigenvalue weighted by atomic mass is 9.76. The Bertz CT molecular complexity index is 582. The van der Waals surface area contributed by atoms with E-state index in [4.69, 9.17) is 0 Å². The van der Waals surface area contributed by atoms with Gasteiger partial charge in [-0.2, -0.15) is 5.10 Å². The summed E-state index contributed by atoms with van der Waals surface area (Å²) in [7, 11) is -1.75. The third-order valence-corrected chi connectivity index (χ3v) is 5.96. The predicted molar refractivity (Wildman–Crippen MR) is 82.4 cm³/mol. The first-order valence-electron chi connectivity index (χ1n) is 7.46. The molecule has 6 nitrogen and oxygen atoms in total. The first-order chi connectivity index (χ1) is 9.75. The summed E-state index contributed by atoms with van der Waals surface area (Å²) in [4.78, 5) is 0.293. The van der Waals surface area contributed by atoms with Gasteiger partial charge >= 0.3 is 0 Å². The van der Waals surface area contributed by atoms with Gasteiger partial charge in [-0.1, -0.05) is 13.8 Å². The summed E-state index contributed by atoms with van der Waals surface area (Å²) in [5, 5.41) is 9.80. The molecule has 1 heterocycles. The zero-order valence-corrected chi connectivity index (χ0v) is 14.1. The largest absolute Gasteiger partial charge is 0.314 e. The molecule has 1 fully saturated rings. The van der Waals surface area contributed by atoms with Gasteiger partial charge in [0.05, 0.1) is 11.4 Å². The molecule has 0 spiro atoms. The van der Waals surface area contributed by atoms with Crippen molar-refractivity contribution in [3.63, 3.8) is 0 Å². The van der Waals surface area contributed by atoms with E-state index in [2.05, 4.69) is 34.1 Å². The van der Waals surface area contributed by atoms with Gasteiger partial charge in [0.15, 0.2) is 0 Å². The van der Waals surface area contributed by atoms with Crippen molar-refractivity contribution in [3.8, 4) is 0 Å². The van der Waals surface area contributed by atoms with Crippen molar-refractivity contribution in [2.45, 2.75) is 63.9 Å². The summed E-state index contributed by atoms with van der Waals surface area (Å²) >= 11 is 0. The fourth-order valence-electron chi connectivity index (χ4n) is 2.91. The second-order valence-corrected chi connectivity index (χ2v) is 8.37. The fourth-order valence-corrected chi connectivity index (χ4v) is 4.58. The van der Waals surface area contributed by atoms with Crippen molar-refractivity contribution < 1.29 is 8.42 Å². The summed E-state index contributed by atoms with van der Waals surface area (Å²) in [6, 6.07) is 0.0276. The highest BCUT2D eigenvalue weighted by molar-refractivity contribution is 7.89. The van der Waals surface area contributed by atoms with E-state index in [-0.39, 0.29) is 6.04 Å². The summed E-state index contributed by atoms with van der Waals surface area (Å²) in [6.45, 7) is 6.65. The normalized spacial score (nSPS) is 19.8. The van der Waals surface area contributed by atoms with Crippen LogP contribution in [0.15, 0.2) is 4.90 Å². The molecule has 0 saturated heterocycles. The van der Waals surface area contributed by atoms with Crippen LogP contribution in [0.1, 0.15) is 50.9 Å². The van der Waals surface area contributed by atoms with E-state index < -0.39 is 10.0 Å². The molecule has 1 aliphatic rings. The molecule has 0 aliphatic heterocycles. The predicted octanol–water partition coefficient (Wildman–Crippen LogP) is 1.68. The molecule has 1 aromatic heterocycles. The molecule has 0 amide bonds. The van der Waals surface area contributed by atoms with E-state index in [1.807, 2.05) is 0 Å². The number of aromatic amines is 1. The number of aromatic nitrogens is 2. The summed E-state index contributed by atoms with van der Waals surface area (Å²) < 4.78 is 28.1. The Kier molecular flexibility index (Phi) is 4.75. The Morgan fingerprint density at radius 2 is 1.95 bits per heavy atom. The first-order valence-corrected chi connectivity index (χ1v) is 8.94. The van der Waals surface area contributed by atoms with E-state index >= 15 is 0 Å². The second-order valence-electron chi connectivity index (χ2n) is 6.71. The lowest BCUT2D eigenvalue weighted by Gasteiger charge is -2.34. The quantitative estimate of drug-likeness (QED) is 0.772. The SMILES string of the molecule is CNCc1n[nH]c(C)c1S(=O)(=O)NC1CCC(C)(C)CC1. The van der Waals surface area contributed by atoms with E-state index in [0.29, 0.717) is 28.2 Å². The Labute approximate surface area is 127 Å². The lowest BCUT2D eigenvalue weighted by Crippen LogP contribution is -2.39. The minimum Gasteiger partial charge on any atom is -0.314 e.